The van der Waals surface area contributed by atoms with Gasteiger partial charge in [0.05, 0.1) is 0 Å². The molecule has 2 atom stereocenters. The van der Waals surface area contributed by atoms with E-state index in [4.69, 9.17) is 0 Å². The molecule has 2 aliphatic heterocycles. The van der Waals surface area contributed by atoms with Gasteiger partial charge in [-0.2, -0.15) is 0 Å². The molecule has 8 heteroatoms. The Balaban J connectivity index is 1.16. The number of carbonyl (C=O) groups excluding carboxylic acids is 1. The first-order valence-corrected chi connectivity index (χ1v) is 11.5. The number of hydrogen-bond donors (Lipinski definition) is 2. The number of carbonyl (C=O) groups is 1. The Hall–Kier alpha value is -2.35. The summed E-state index contributed by atoms with van der Waals surface area (Å²) in [4.78, 5) is 16.6. The third-order valence-corrected chi connectivity index (χ3v) is 6.61. The van der Waals surface area contributed by atoms with E-state index < -0.39 is 11.6 Å². The van der Waals surface area contributed by atoms with Gasteiger partial charge < -0.3 is 20.4 Å². The molecule has 2 fully saturated rings. The van der Waals surface area contributed by atoms with Crippen molar-refractivity contribution in [2.45, 2.75) is 12.8 Å². The molecule has 0 bridgehead atoms. The Morgan fingerprint density at radius 1 is 0.903 bits per heavy atom. The Bertz CT molecular complexity index is 928. The number of anilines is 2. The molecule has 31 heavy (non-hydrogen) atoms. The third-order valence-electron chi connectivity index (χ3n) is 6.12. The van der Waals surface area contributed by atoms with Crippen LogP contribution in [0.1, 0.15) is 12.8 Å². The highest BCUT2D eigenvalue weighted by Gasteiger charge is 2.25. The van der Waals surface area contributed by atoms with E-state index in [0.29, 0.717) is 24.7 Å². The molecule has 0 aliphatic carbocycles. The van der Waals surface area contributed by atoms with Gasteiger partial charge in [0.15, 0.2) is 11.6 Å². The largest absolute Gasteiger partial charge is 0.371 e. The molecule has 2 saturated heterocycles. The van der Waals surface area contributed by atoms with Crippen LogP contribution in [0.15, 0.2) is 46.9 Å². The lowest BCUT2D eigenvalue weighted by molar-refractivity contribution is 0.237. The Morgan fingerprint density at radius 3 is 2.10 bits per heavy atom. The van der Waals surface area contributed by atoms with Crippen molar-refractivity contribution in [3.8, 4) is 0 Å². The number of halogens is 3. The van der Waals surface area contributed by atoms with Crippen LogP contribution in [-0.2, 0) is 0 Å². The van der Waals surface area contributed by atoms with Gasteiger partial charge in [-0.1, -0.05) is 22.0 Å². The molecular weight excluding hydrogens is 466 g/mol. The first-order valence-electron chi connectivity index (χ1n) is 10.7. The smallest absolute Gasteiger partial charge is 0.314 e. The average molecular weight is 493 g/mol. The van der Waals surface area contributed by atoms with Crippen LogP contribution < -0.4 is 20.4 Å². The van der Waals surface area contributed by atoms with Crippen LogP contribution in [0.4, 0.5) is 25.0 Å². The minimum Gasteiger partial charge on any atom is -0.371 e. The van der Waals surface area contributed by atoms with Crippen LogP contribution >= 0.6 is 15.9 Å². The van der Waals surface area contributed by atoms with Crippen LogP contribution in [0.5, 0.6) is 0 Å². The van der Waals surface area contributed by atoms with Gasteiger partial charge in [-0.05, 0) is 55.0 Å². The van der Waals surface area contributed by atoms with Gasteiger partial charge in [0.2, 0.25) is 0 Å². The first kappa shape index (κ1) is 21.9. The normalized spacial score (nSPS) is 20.9. The molecule has 2 aromatic carbocycles. The molecule has 166 valence electrons. The van der Waals surface area contributed by atoms with Crippen molar-refractivity contribution in [2.24, 2.45) is 11.8 Å². The van der Waals surface area contributed by atoms with E-state index in [0.717, 1.165) is 49.6 Å². The predicted octanol–water partition coefficient (Wildman–Crippen LogP) is 4.38. The average Bonchev–Trinajstić information content (AvgIpc) is 3.42. The molecule has 0 spiro atoms. The molecule has 4 rings (SSSR count). The fraction of sp³-hybridized carbons (Fsp3) is 0.435. The maximum absolute atomic E-state index is 13.5. The molecule has 2 aromatic rings. The number of nitrogens with zero attached hydrogens (tertiary/aromatic N) is 2. The van der Waals surface area contributed by atoms with Gasteiger partial charge in [0.25, 0.3) is 0 Å². The van der Waals surface area contributed by atoms with Crippen LogP contribution in [0.25, 0.3) is 0 Å². The molecular formula is C23H27BrF2N4O. The molecule has 5 nitrogen and oxygen atoms in total. The quantitative estimate of drug-likeness (QED) is 0.628. The summed E-state index contributed by atoms with van der Waals surface area (Å²) < 4.78 is 27.7. The number of benzene rings is 2. The lowest BCUT2D eigenvalue weighted by Crippen LogP contribution is -2.41. The fourth-order valence-corrected chi connectivity index (χ4v) is 4.75. The molecule has 2 N–H and O–H groups in total. The molecule has 2 heterocycles. The van der Waals surface area contributed by atoms with Gasteiger partial charge >= 0.3 is 6.03 Å². The van der Waals surface area contributed by atoms with E-state index in [9.17, 15) is 13.6 Å². The highest BCUT2D eigenvalue weighted by molar-refractivity contribution is 9.10. The van der Waals surface area contributed by atoms with Crippen LogP contribution in [-0.4, -0.2) is 45.3 Å². The minimum absolute atomic E-state index is 0.146. The van der Waals surface area contributed by atoms with E-state index in [1.54, 1.807) is 6.07 Å². The molecule has 2 aliphatic rings. The van der Waals surface area contributed by atoms with Crippen molar-refractivity contribution in [1.82, 2.24) is 10.6 Å². The van der Waals surface area contributed by atoms with Gasteiger partial charge in [0, 0.05) is 61.2 Å². The number of amides is 2. The molecule has 0 saturated carbocycles. The summed E-state index contributed by atoms with van der Waals surface area (Å²) in [6.45, 7) is 4.64. The Labute approximate surface area is 189 Å². The van der Waals surface area contributed by atoms with Crippen LogP contribution in [0.2, 0.25) is 0 Å². The zero-order valence-electron chi connectivity index (χ0n) is 17.3. The molecule has 2 unspecified atom stereocenters. The standard InChI is InChI=1S/C23H27BrF2N4O/c24-18-2-1-3-19(10-18)29-8-6-16(14-29)12-27-23(31)28-13-17-7-9-30(15-17)20-4-5-21(25)22(26)11-20/h1-5,10-11,16-17H,6-9,12-15H2,(H2,27,28,31). The first-order chi connectivity index (χ1) is 15.0. The third kappa shape index (κ3) is 5.67. The fourth-order valence-electron chi connectivity index (χ4n) is 4.36. The number of rotatable bonds is 6. The van der Waals surface area contributed by atoms with Crippen LogP contribution in [0, 0.1) is 23.5 Å². The van der Waals surface area contributed by atoms with E-state index in [-0.39, 0.29) is 11.9 Å². The van der Waals surface area contributed by atoms with Crippen molar-refractivity contribution < 1.29 is 13.6 Å². The highest BCUT2D eigenvalue weighted by atomic mass is 79.9. The second kappa shape index (κ2) is 9.85. The van der Waals surface area contributed by atoms with Crippen molar-refractivity contribution in [3.63, 3.8) is 0 Å². The van der Waals surface area contributed by atoms with E-state index in [2.05, 4.69) is 43.6 Å². The van der Waals surface area contributed by atoms with Crippen LogP contribution in [0.3, 0.4) is 0 Å². The monoisotopic (exact) mass is 492 g/mol. The van der Waals surface area contributed by atoms with Gasteiger partial charge in [0.1, 0.15) is 0 Å². The summed E-state index contributed by atoms with van der Waals surface area (Å²) in [6.07, 6.45) is 1.96. The topological polar surface area (TPSA) is 47.6 Å². The van der Waals surface area contributed by atoms with Crippen molar-refractivity contribution in [1.29, 1.82) is 0 Å². The summed E-state index contributed by atoms with van der Waals surface area (Å²) in [7, 11) is 0. The van der Waals surface area contributed by atoms with E-state index in [1.807, 2.05) is 17.0 Å². The summed E-state index contributed by atoms with van der Waals surface area (Å²) >= 11 is 3.52. The van der Waals surface area contributed by atoms with Gasteiger partial charge in [-0.3, -0.25) is 0 Å². The Morgan fingerprint density at radius 2 is 1.52 bits per heavy atom. The summed E-state index contributed by atoms with van der Waals surface area (Å²) in [5.41, 5.74) is 1.88. The molecule has 2 amide bonds. The summed E-state index contributed by atoms with van der Waals surface area (Å²) in [6, 6.07) is 12.1. The van der Waals surface area contributed by atoms with Gasteiger partial charge in [-0.25, -0.2) is 13.6 Å². The second-order valence-electron chi connectivity index (χ2n) is 8.37. The lowest BCUT2D eigenvalue weighted by Gasteiger charge is -2.20. The van der Waals surface area contributed by atoms with E-state index >= 15 is 0 Å². The highest BCUT2D eigenvalue weighted by Crippen LogP contribution is 2.26. The molecule has 0 radical (unpaired) electrons. The Kier molecular flexibility index (Phi) is 6.95. The number of hydrogen-bond acceptors (Lipinski definition) is 3. The predicted molar refractivity (Wildman–Crippen MR) is 123 cm³/mol. The molecule has 0 aromatic heterocycles. The SMILES string of the molecule is O=C(NCC1CCN(c2cccc(Br)c2)C1)NCC1CCN(c2ccc(F)c(F)c2)C1. The van der Waals surface area contributed by atoms with Crippen molar-refractivity contribution in [3.05, 3.63) is 58.6 Å². The van der Waals surface area contributed by atoms with Crippen molar-refractivity contribution >= 4 is 33.3 Å². The zero-order chi connectivity index (χ0) is 21.8. The van der Waals surface area contributed by atoms with Gasteiger partial charge in [-0.15, -0.1) is 0 Å². The summed E-state index contributed by atoms with van der Waals surface area (Å²) in [5.74, 6) is -0.943. The maximum Gasteiger partial charge on any atom is 0.314 e. The van der Waals surface area contributed by atoms with E-state index in [1.165, 1.54) is 11.8 Å². The van der Waals surface area contributed by atoms with Crippen molar-refractivity contribution in [2.75, 3.05) is 49.1 Å². The second-order valence-corrected chi connectivity index (χ2v) is 9.29. The minimum atomic E-state index is -0.833. The zero-order valence-corrected chi connectivity index (χ0v) is 18.9. The summed E-state index contributed by atoms with van der Waals surface area (Å²) in [5, 5.41) is 5.96. The maximum atomic E-state index is 13.5. The number of nitrogens with one attached hydrogen (secondary N) is 2. The number of urea groups is 1. The lowest BCUT2D eigenvalue weighted by atomic mass is 10.1.